The summed E-state index contributed by atoms with van der Waals surface area (Å²) in [6.45, 7) is 3.62. The van der Waals surface area contributed by atoms with Gasteiger partial charge in [0, 0.05) is 28.7 Å². The number of hydrogen-bond acceptors (Lipinski definition) is 5. The van der Waals surface area contributed by atoms with Crippen molar-refractivity contribution in [3.05, 3.63) is 88.4 Å². The molecule has 8 nitrogen and oxygen atoms in total. The van der Waals surface area contributed by atoms with Crippen LogP contribution in [0.4, 0.5) is 5.69 Å². The largest absolute Gasteiger partial charge is 0.497 e. The predicted octanol–water partition coefficient (Wildman–Crippen LogP) is 5.92. The van der Waals surface area contributed by atoms with Gasteiger partial charge in [0.05, 0.1) is 17.7 Å². The van der Waals surface area contributed by atoms with Crippen molar-refractivity contribution in [1.29, 1.82) is 0 Å². The number of hydrogen-bond donors (Lipinski definition) is 1. The highest BCUT2D eigenvalue weighted by molar-refractivity contribution is 7.92. The molecule has 0 aromatic heterocycles. The van der Waals surface area contributed by atoms with Gasteiger partial charge in [-0.3, -0.25) is 13.9 Å². The predicted molar refractivity (Wildman–Crippen MR) is 163 cm³/mol. The number of halogens is 2. The number of nitrogens with one attached hydrogen (secondary N) is 1. The number of rotatable bonds is 14. The van der Waals surface area contributed by atoms with Crippen LogP contribution >= 0.6 is 23.2 Å². The van der Waals surface area contributed by atoms with Gasteiger partial charge in [0.1, 0.15) is 18.3 Å². The van der Waals surface area contributed by atoms with Crippen LogP contribution < -0.4 is 14.4 Å². The Labute approximate surface area is 252 Å². The number of carbonyl (C=O) groups excluding carboxylic acids is 2. The zero-order chi connectivity index (χ0) is 30.0. The fraction of sp³-hybridized carbons (Fsp3) is 0.333. The number of unbranched alkanes of at least 4 members (excludes halogenated alkanes) is 1. The Kier molecular flexibility index (Phi) is 11.9. The molecule has 0 saturated carbocycles. The van der Waals surface area contributed by atoms with Crippen molar-refractivity contribution in [3.8, 4) is 5.75 Å². The van der Waals surface area contributed by atoms with Crippen LogP contribution in [0, 0.1) is 0 Å². The van der Waals surface area contributed by atoms with E-state index in [0.29, 0.717) is 34.3 Å². The summed E-state index contributed by atoms with van der Waals surface area (Å²) < 4.78 is 34.0. The molecule has 3 rings (SSSR count). The SMILES string of the molecule is CCCCNC(=O)C(CC)N(Cc1c(Cl)cccc1Cl)C(=O)CN(c1ccc(OC)cc1)S(=O)(=O)c1ccccc1. The lowest BCUT2D eigenvalue weighted by Crippen LogP contribution is -2.52. The second-order valence-corrected chi connectivity index (χ2v) is 12.0. The molecule has 0 aliphatic heterocycles. The van der Waals surface area contributed by atoms with Crippen LogP contribution in [0.1, 0.15) is 38.7 Å². The van der Waals surface area contributed by atoms with Crippen molar-refractivity contribution in [2.24, 2.45) is 0 Å². The van der Waals surface area contributed by atoms with Gasteiger partial charge in [0.25, 0.3) is 10.0 Å². The van der Waals surface area contributed by atoms with Crippen LogP contribution in [-0.4, -0.2) is 51.4 Å². The first-order valence-corrected chi connectivity index (χ1v) is 15.6. The van der Waals surface area contributed by atoms with Gasteiger partial charge in [-0.05, 0) is 61.4 Å². The maximum atomic E-state index is 14.1. The summed E-state index contributed by atoms with van der Waals surface area (Å²) in [6.07, 6.45) is 1.97. The Bertz CT molecular complexity index is 1400. The average molecular weight is 621 g/mol. The van der Waals surface area contributed by atoms with E-state index in [4.69, 9.17) is 27.9 Å². The van der Waals surface area contributed by atoms with Crippen LogP contribution in [0.3, 0.4) is 0 Å². The van der Waals surface area contributed by atoms with E-state index >= 15 is 0 Å². The first-order valence-electron chi connectivity index (χ1n) is 13.4. The Morgan fingerprint density at radius 1 is 0.927 bits per heavy atom. The first kappa shape index (κ1) is 32.2. The Morgan fingerprint density at radius 2 is 1.56 bits per heavy atom. The van der Waals surface area contributed by atoms with E-state index in [1.807, 2.05) is 6.92 Å². The molecule has 0 radical (unpaired) electrons. The second kappa shape index (κ2) is 15.1. The number of carbonyl (C=O) groups is 2. The quantitative estimate of drug-likeness (QED) is 0.226. The minimum Gasteiger partial charge on any atom is -0.497 e. The maximum Gasteiger partial charge on any atom is 0.264 e. The first-order chi connectivity index (χ1) is 19.6. The average Bonchev–Trinajstić information content (AvgIpc) is 2.97. The molecule has 0 heterocycles. The molecule has 0 fully saturated rings. The van der Waals surface area contributed by atoms with E-state index in [1.165, 1.54) is 24.1 Å². The number of anilines is 1. The van der Waals surface area contributed by atoms with Crippen molar-refractivity contribution in [3.63, 3.8) is 0 Å². The van der Waals surface area contributed by atoms with Gasteiger partial charge in [0.2, 0.25) is 11.8 Å². The lowest BCUT2D eigenvalue weighted by molar-refractivity contribution is -0.140. The maximum absolute atomic E-state index is 14.1. The molecule has 0 bridgehead atoms. The lowest BCUT2D eigenvalue weighted by Gasteiger charge is -2.33. The number of ether oxygens (including phenoxy) is 1. The second-order valence-electron chi connectivity index (χ2n) is 9.31. The molecule has 0 aliphatic carbocycles. The zero-order valence-corrected chi connectivity index (χ0v) is 25.7. The molecule has 3 aromatic rings. The summed E-state index contributed by atoms with van der Waals surface area (Å²) in [4.78, 5) is 28.8. The summed E-state index contributed by atoms with van der Waals surface area (Å²) >= 11 is 12.9. The van der Waals surface area contributed by atoms with E-state index in [1.54, 1.807) is 67.6 Å². The molecule has 0 spiro atoms. The van der Waals surface area contributed by atoms with Crippen LogP contribution in [-0.2, 0) is 26.2 Å². The number of sulfonamides is 1. The zero-order valence-electron chi connectivity index (χ0n) is 23.3. The smallest absolute Gasteiger partial charge is 0.264 e. The topological polar surface area (TPSA) is 96.0 Å². The van der Waals surface area contributed by atoms with Crippen molar-refractivity contribution in [2.75, 3.05) is 24.5 Å². The van der Waals surface area contributed by atoms with Gasteiger partial charge in [-0.2, -0.15) is 0 Å². The highest BCUT2D eigenvalue weighted by atomic mass is 35.5. The third kappa shape index (κ3) is 8.15. The van der Waals surface area contributed by atoms with Crippen molar-refractivity contribution >= 4 is 50.7 Å². The molecule has 0 saturated heterocycles. The minimum absolute atomic E-state index is 0.0219. The summed E-state index contributed by atoms with van der Waals surface area (Å²) in [5, 5.41) is 3.56. The minimum atomic E-state index is -4.17. The molecular weight excluding hydrogens is 585 g/mol. The molecule has 0 aliphatic rings. The molecule has 11 heteroatoms. The highest BCUT2D eigenvalue weighted by Crippen LogP contribution is 2.29. The van der Waals surface area contributed by atoms with Gasteiger partial charge in [0.15, 0.2) is 0 Å². The molecule has 3 aromatic carbocycles. The summed E-state index contributed by atoms with van der Waals surface area (Å²) in [5.41, 5.74) is 0.727. The fourth-order valence-electron chi connectivity index (χ4n) is 4.28. The third-order valence-electron chi connectivity index (χ3n) is 6.58. The van der Waals surface area contributed by atoms with Crippen molar-refractivity contribution < 1.29 is 22.7 Å². The molecule has 220 valence electrons. The van der Waals surface area contributed by atoms with Gasteiger partial charge in [-0.15, -0.1) is 0 Å². The number of nitrogens with zero attached hydrogens (tertiary/aromatic N) is 2. The van der Waals surface area contributed by atoms with Gasteiger partial charge < -0.3 is 15.0 Å². The third-order valence-corrected chi connectivity index (χ3v) is 9.07. The van der Waals surface area contributed by atoms with Gasteiger partial charge in [-0.25, -0.2) is 8.42 Å². The monoisotopic (exact) mass is 619 g/mol. The molecule has 1 unspecified atom stereocenters. The van der Waals surface area contributed by atoms with Crippen LogP contribution in [0.5, 0.6) is 5.75 Å². The number of benzene rings is 3. The van der Waals surface area contributed by atoms with Crippen LogP contribution in [0.25, 0.3) is 0 Å². The van der Waals surface area contributed by atoms with E-state index in [9.17, 15) is 18.0 Å². The fourth-order valence-corrected chi connectivity index (χ4v) is 6.23. The molecule has 1 atom stereocenters. The van der Waals surface area contributed by atoms with Gasteiger partial charge in [-0.1, -0.05) is 67.7 Å². The van der Waals surface area contributed by atoms with E-state index in [0.717, 1.165) is 17.1 Å². The summed E-state index contributed by atoms with van der Waals surface area (Å²) in [7, 11) is -2.66. The molecule has 41 heavy (non-hydrogen) atoms. The molecular formula is C30H35Cl2N3O5S. The molecule has 1 N–H and O–H groups in total. The Morgan fingerprint density at radius 3 is 2.12 bits per heavy atom. The number of amides is 2. The van der Waals surface area contributed by atoms with E-state index in [2.05, 4.69) is 5.32 Å². The summed E-state index contributed by atoms with van der Waals surface area (Å²) in [6, 6.07) is 18.3. The number of methoxy groups -OCH3 is 1. The Hall–Kier alpha value is -3.27. The van der Waals surface area contributed by atoms with Crippen LogP contribution in [0.2, 0.25) is 10.0 Å². The van der Waals surface area contributed by atoms with E-state index in [-0.39, 0.29) is 23.0 Å². The van der Waals surface area contributed by atoms with Crippen LogP contribution in [0.15, 0.2) is 77.7 Å². The normalized spacial score (nSPS) is 11.9. The van der Waals surface area contributed by atoms with Crippen molar-refractivity contribution in [2.45, 2.75) is 50.6 Å². The van der Waals surface area contributed by atoms with E-state index < -0.39 is 28.5 Å². The highest BCUT2D eigenvalue weighted by Gasteiger charge is 2.34. The lowest BCUT2D eigenvalue weighted by atomic mass is 10.1. The van der Waals surface area contributed by atoms with Gasteiger partial charge >= 0.3 is 0 Å². The Balaban J connectivity index is 2.06. The standard InChI is InChI=1S/C30H35Cl2N3O5S/c1-4-6-19-33-30(37)28(5-2)34(20-25-26(31)13-10-14-27(25)32)29(36)21-35(22-15-17-23(40-3)18-16-22)41(38,39)24-11-8-7-9-12-24/h7-18,28H,4-6,19-21H2,1-3H3,(H,33,37). The summed E-state index contributed by atoms with van der Waals surface area (Å²) in [5.74, 6) is -0.393. The van der Waals surface area contributed by atoms with Crippen molar-refractivity contribution in [1.82, 2.24) is 10.2 Å². The molecule has 2 amide bonds.